The normalized spacial score (nSPS) is 10.0. The van der Waals surface area contributed by atoms with Crippen LogP contribution in [0.4, 0.5) is 17.1 Å². The number of nitrogens with two attached hydrogens (primary N) is 1. The number of nitro groups is 2. The molecule has 80 heavy (non-hydrogen) atoms. The number of non-ortho nitro benzene ring substituents is 2. The molecule has 6 heterocycles. The summed E-state index contributed by atoms with van der Waals surface area (Å²) < 4.78 is 3.01. The van der Waals surface area contributed by atoms with Crippen LogP contribution in [0.2, 0.25) is 0 Å². The van der Waals surface area contributed by atoms with E-state index >= 15 is 0 Å². The summed E-state index contributed by atoms with van der Waals surface area (Å²) in [6.45, 7) is 12.0. The van der Waals surface area contributed by atoms with E-state index in [0.717, 1.165) is 58.2 Å². The van der Waals surface area contributed by atoms with Crippen LogP contribution in [0.3, 0.4) is 0 Å². The quantitative estimate of drug-likeness (QED) is 0.0348. The lowest BCUT2D eigenvalue weighted by molar-refractivity contribution is -0.385. The highest BCUT2D eigenvalue weighted by atomic mass is 79.9. The molecule has 20 heteroatoms. The summed E-state index contributed by atoms with van der Waals surface area (Å²) in [5.74, 6) is -0.368. The molecule has 0 unspecified atom stereocenters. The Morgan fingerprint density at radius 2 is 0.912 bits per heavy atom. The van der Waals surface area contributed by atoms with Crippen LogP contribution in [0, 0.1) is 20.2 Å². The maximum Gasteiger partial charge on any atom is 0.270 e. The van der Waals surface area contributed by atoms with E-state index in [2.05, 4.69) is 77.7 Å². The maximum absolute atomic E-state index is 12.9. The molecular formula is C60H53Br3ClN9O7. The lowest BCUT2D eigenvalue weighted by atomic mass is 10.0. The average Bonchev–Trinajstić information content (AvgIpc) is 4.35. The number of fused-ring (bicyclic) bond motifs is 3. The Hall–Kier alpha value is -8.49. The number of H-pyrrole nitrogens is 3. The largest absolute Gasteiger partial charge is 0.399 e. The molecule has 5 N–H and O–H groups in total. The van der Waals surface area contributed by atoms with Gasteiger partial charge < -0.3 is 20.7 Å². The van der Waals surface area contributed by atoms with Crippen molar-refractivity contribution in [2.24, 2.45) is 0 Å². The van der Waals surface area contributed by atoms with Gasteiger partial charge in [0.15, 0.2) is 11.6 Å². The first-order valence-corrected chi connectivity index (χ1v) is 27.6. The van der Waals surface area contributed by atoms with Crippen LogP contribution in [0.1, 0.15) is 83.7 Å². The Balaban J connectivity index is 0.000000203. The van der Waals surface area contributed by atoms with Gasteiger partial charge >= 0.3 is 0 Å². The van der Waals surface area contributed by atoms with Crippen molar-refractivity contribution in [3.8, 4) is 22.3 Å². The topological polar surface area (TPSA) is 250 Å². The number of anilines is 1. The molecule has 11 aromatic rings. The monoisotopic (exact) mass is 1280 g/mol. The molecule has 0 aliphatic heterocycles. The Bertz CT molecular complexity index is 3870. The molecule has 0 atom stereocenters. The van der Waals surface area contributed by atoms with Crippen LogP contribution in [-0.2, 0) is 0 Å². The third-order valence-electron chi connectivity index (χ3n) is 11.0. The summed E-state index contributed by atoms with van der Waals surface area (Å²) in [5.41, 5.74) is 14.2. The van der Waals surface area contributed by atoms with Crippen molar-refractivity contribution >= 4 is 126 Å². The number of halogens is 4. The summed E-state index contributed by atoms with van der Waals surface area (Å²) in [7, 11) is 0. The van der Waals surface area contributed by atoms with Crippen molar-refractivity contribution in [3.63, 3.8) is 0 Å². The molecule has 0 aliphatic carbocycles. The minimum Gasteiger partial charge on any atom is -0.399 e. The van der Waals surface area contributed by atoms with Gasteiger partial charge in [0.2, 0.25) is 0 Å². The van der Waals surface area contributed by atoms with Crippen LogP contribution in [0.25, 0.3) is 55.4 Å². The van der Waals surface area contributed by atoms with E-state index in [1.54, 1.807) is 61.3 Å². The minimum atomic E-state index is -0.696. The highest BCUT2D eigenvalue weighted by Gasteiger charge is 2.19. The van der Waals surface area contributed by atoms with Gasteiger partial charge in [-0.15, -0.1) is 0 Å². The van der Waals surface area contributed by atoms with Gasteiger partial charge in [-0.1, -0.05) is 128 Å². The molecule has 6 aromatic heterocycles. The predicted octanol–water partition coefficient (Wildman–Crippen LogP) is 17.3. The summed E-state index contributed by atoms with van der Waals surface area (Å²) in [4.78, 5) is 78.5. The number of carbonyl (C=O) groups is 3. The standard InChI is InChI=1S/C20H12BrN3O3.C20H14BrN3O.C7H5BrN2.C7H4ClNO3.3C2H6/c21-15-6-4-12(5-7-15)14-9-17-18(11-23-20(17)22-10-14)19(25)13-2-1-3-16(8-13)24(26)27;21-15-6-4-12(5-7-15)14-9-17-18(11-24-20(17)23-10-14)19(25)13-2-1-3-16(22)8-13;8-6-3-5-1-2-9-7(5)10-4-6;8-7(10)5-2-1-3-6(4-5)9(11)12;3*1-2/h1-11H,(H,22,23);1-11H,22H2,(H,23,24);1-4H,(H,9,10);1-4H;3*1-2H3. The van der Waals surface area contributed by atoms with Crippen molar-refractivity contribution in [2.75, 3.05) is 5.73 Å². The van der Waals surface area contributed by atoms with E-state index in [1.165, 1.54) is 36.4 Å². The molecule has 11 rings (SSSR count). The molecule has 0 bridgehead atoms. The Morgan fingerprint density at radius 1 is 0.487 bits per heavy atom. The van der Waals surface area contributed by atoms with Crippen LogP contribution in [0.15, 0.2) is 196 Å². The van der Waals surface area contributed by atoms with Crippen LogP contribution in [-0.4, -0.2) is 56.6 Å². The number of nitrogens with one attached hydrogen (secondary N) is 3. The first-order chi connectivity index (χ1) is 38.6. The van der Waals surface area contributed by atoms with E-state index in [-0.39, 0.29) is 34.1 Å². The fraction of sp³-hybridized carbons (Fsp3) is 0.100. The number of nitro benzene ring substituents is 2. The van der Waals surface area contributed by atoms with Crippen LogP contribution < -0.4 is 5.73 Å². The number of rotatable bonds is 9. The fourth-order valence-electron chi connectivity index (χ4n) is 7.39. The minimum absolute atomic E-state index is 0.0756. The second kappa shape index (κ2) is 30.6. The predicted molar refractivity (Wildman–Crippen MR) is 330 cm³/mol. The zero-order valence-corrected chi connectivity index (χ0v) is 49.5. The number of ketones is 2. The van der Waals surface area contributed by atoms with Gasteiger partial charge in [-0.3, -0.25) is 34.6 Å². The smallest absolute Gasteiger partial charge is 0.270 e. The molecule has 0 fully saturated rings. The van der Waals surface area contributed by atoms with Crippen molar-refractivity contribution in [1.29, 1.82) is 0 Å². The Kier molecular flexibility index (Phi) is 23.9. The summed E-state index contributed by atoms with van der Waals surface area (Å²) >= 11 is 15.3. The number of hydrogen-bond acceptors (Lipinski definition) is 11. The van der Waals surface area contributed by atoms with Crippen molar-refractivity contribution in [1.82, 2.24) is 29.9 Å². The Labute approximate surface area is 491 Å². The van der Waals surface area contributed by atoms with Crippen molar-refractivity contribution < 1.29 is 24.2 Å². The van der Waals surface area contributed by atoms with Gasteiger partial charge in [-0.05, 0) is 105 Å². The highest BCUT2D eigenvalue weighted by Crippen LogP contribution is 2.30. The van der Waals surface area contributed by atoms with E-state index in [4.69, 9.17) is 17.3 Å². The first-order valence-electron chi connectivity index (χ1n) is 24.8. The van der Waals surface area contributed by atoms with Gasteiger partial charge in [0.1, 0.15) is 16.9 Å². The zero-order valence-electron chi connectivity index (χ0n) is 44.0. The van der Waals surface area contributed by atoms with Gasteiger partial charge in [0.25, 0.3) is 16.6 Å². The molecule has 0 amide bonds. The van der Waals surface area contributed by atoms with Crippen molar-refractivity contribution in [2.45, 2.75) is 41.5 Å². The summed E-state index contributed by atoms with van der Waals surface area (Å²) in [6, 6.07) is 41.7. The molecule has 16 nitrogen and oxygen atoms in total. The van der Waals surface area contributed by atoms with E-state index < -0.39 is 15.1 Å². The molecule has 0 spiro atoms. The first kappa shape index (κ1) is 62.4. The maximum atomic E-state index is 12.9. The molecule has 0 saturated carbocycles. The second-order valence-electron chi connectivity index (χ2n) is 15.9. The molecular weight excluding hydrogens is 1230 g/mol. The molecule has 0 saturated heterocycles. The molecule has 0 radical (unpaired) electrons. The lowest BCUT2D eigenvalue weighted by Gasteiger charge is -2.04. The van der Waals surface area contributed by atoms with E-state index in [0.29, 0.717) is 39.1 Å². The average molecular weight is 1290 g/mol. The van der Waals surface area contributed by atoms with Gasteiger partial charge in [-0.25, -0.2) is 15.0 Å². The van der Waals surface area contributed by atoms with Crippen LogP contribution in [0.5, 0.6) is 0 Å². The number of benzene rings is 5. The van der Waals surface area contributed by atoms with E-state index in [9.17, 15) is 34.6 Å². The third-order valence-corrected chi connectivity index (χ3v) is 12.7. The molecule has 5 aromatic carbocycles. The number of pyridine rings is 3. The summed E-state index contributed by atoms with van der Waals surface area (Å²) in [6.07, 6.45) is 10.5. The lowest BCUT2D eigenvalue weighted by Crippen LogP contribution is -2.01. The van der Waals surface area contributed by atoms with Gasteiger partial charge in [0.05, 0.1) is 9.85 Å². The van der Waals surface area contributed by atoms with Crippen molar-refractivity contribution in [3.05, 3.63) is 244 Å². The SMILES string of the molecule is Brc1cnc2[nH]ccc2c1.CC.CC.CC.Nc1cccc(C(=O)c2c[nH]c3ncc(-c4ccc(Br)cc4)cc23)c1.O=C(Cl)c1cccc([N+](=O)[O-])c1.O=C(c1cccc([N+](=O)[O-])c1)c1c[nH]c2ncc(-c3ccc(Br)cc3)cc12. The second-order valence-corrected chi connectivity index (χ2v) is 19.0. The number of nitrogens with zero attached hydrogens (tertiary/aromatic N) is 5. The summed E-state index contributed by atoms with van der Waals surface area (Å²) in [5, 5.41) is 23.1. The number of hydrogen-bond donors (Lipinski definition) is 4. The van der Waals surface area contributed by atoms with Crippen LogP contribution >= 0.6 is 59.4 Å². The van der Waals surface area contributed by atoms with Gasteiger partial charge in [-0.2, -0.15) is 0 Å². The molecule has 0 aliphatic rings. The third kappa shape index (κ3) is 16.5. The number of aromatic amines is 3. The van der Waals surface area contributed by atoms with Gasteiger partial charge in [0, 0.05) is 136 Å². The fourth-order valence-corrected chi connectivity index (χ4v) is 8.38. The highest BCUT2D eigenvalue weighted by molar-refractivity contribution is 9.11. The van der Waals surface area contributed by atoms with E-state index in [1.807, 2.05) is 121 Å². The Morgan fingerprint density at radius 3 is 1.36 bits per heavy atom. The zero-order chi connectivity index (χ0) is 58.5. The number of carbonyl (C=O) groups excluding carboxylic acids is 3. The number of aromatic nitrogens is 6. The molecule has 408 valence electrons. The number of nitrogen functional groups attached to an aromatic ring is 1.